The Kier molecular flexibility index (Phi) is 3.22. The van der Waals surface area contributed by atoms with Crippen molar-refractivity contribution in [2.24, 2.45) is 4.99 Å². The number of carbonyl (C=O) groups is 1. The fraction of sp³-hybridized carbons (Fsp3) is 0.412. The van der Waals surface area contributed by atoms with Gasteiger partial charge < -0.3 is 4.74 Å². The first-order valence-corrected chi connectivity index (χ1v) is 7.21. The Bertz CT molecular complexity index is 738. The summed E-state index contributed by atoms with van der Waals surface area (Å²) in [5.74, 6) is -0.568. The lowest BCUT2D eigenvalue weighted by atomic mass is 9.77. The zero-order valence-electron chi connectivity index (χ0n) is 12.3. The Hall–Kier alpha value is -2.66. The molecule has 1 aromatic carbocycles. The van der Waals surface area contributed by atoms with E-state index in [9.17, 15) is 4.79 Å². The van der Waals surface area contributed by atoms with Crippen molar-refractivity contribution >= 4 is 11.7 Å². The van der Waals surface area contributed by atoms with Crippen LogP contribution in [0.1, 0.15) is 37.3 Å². The second kappa shape index (κ2) is 4.96. The van der Waals surface area contributed by atoms with E-state index in [0.717, 1.165) is 17.5 Å². The van der Waals surface area contributed by atoms with Crippen LogP contribution in [0.15, 0.2) is 29.3 Å². The minimum atomic E-state index is -1.40. The van der Waals surface area contributed by atoms with Gasteiger partial charge in [-0.05, 0) is 25.3 Å². The molecule has 3 rings (SSSR count). The van der Waals surface area contributed by atoms with Gasteiger partial charge in [-0.1, -0.05) is 24.3 Å². The predicted octanol–water partition coefficient (Wildman–Crippen LogP) is 2.30. The van der Waals surface area contributed by atoms with Crippen LogP contribution in [0.5, 0.6) is 0 Å². The molecule has 0 N–H and O–H groups in total. The lowest BCUT2D eigenvalue weighted by Gasteiger charge is -2.43. The molecule has 0 saturated carbocycles. The highest BCUT2D eigenvalue weighted by molar-refractivity contribution is 6.12. The highest BCUT2D eigenvalue weighted by atomic mass is 16.6. The summed E-state index contributed by atoms with van der Waals surface area (Å²) in [5, 5.41) is 18.1. The first kappa shape index (κ1) is 14.3. The minimum absolute atomic E-state index is 0.152. The summed E-state index contributed by atoms with van der Waals surface area (Å²) in [6.45, 7) is 1.85. The number of aliphatic imine (C=N–C) groups is 1. The van der Waals surface area contributed by atoms with E-state index in [-0.39, 0.29) is 12.8 Å². The molecule has 0 unspecified atom stereocenters. The third kappa shape index (κ3) is 1.98. The third-order valence-electron chi connectivity index (χ3n) is 4.41. The number of fused-ring (bicyclic) bond motifs is 3. The van der Waals surface area contributed by atoms with Crippen LogP contribution < -0.4 is 0 Å². The zero-order valence-corrected chi connectivity index (χ0v) is 12.3. The van der Waals surface area contributed by atoms with Gasteiger partial charge in [0.25, 0.3) is 0 Å². The summed E-state index contributed by atoms with van der Waals surface area (Å²) in [6.07, 6.45) is 1.16. The Labute approximate surface area is 128 Å². The number of hydrogen-bond donors (Lipinski definition) is 0. The van der Waals surface area contributed by atoms with E-state index < -0.39 is 17.1 Å². The van der Waals surface area contributed by atoms with Gasteiger partial charge >= 0.3 is 5.97 Å². The smallest absolute Gasteiger partial charge is 0.337 e. The normalized spacial score (nSPS) is 24.9. The van der Waals surface area contributed by atoms with Gasteiger partial charge in [-0.15, -0.1) is 0 Å². The molecule has 0 spiro atoms. The summed E-state index contributed by atoms with van der Waals surface area (Å²) >= 11 is 0. The first-order chi connectivity index (χ1) is 10.5. The molecule has 22 heavy (non-hydrogen) atoms. The van der Waals surface area contributed by atoms with E-state index >= 15 is 0 Å². The number of nitriles is 2. The van der Waals surface area contributed by atoms with Crippen LogP contribution in [0.3, 0.4) is 0 Å². The van der Waals surface area contributed by atoms with Gasteiger partial charge in [0.05, 0.1) is 30.7 Å². The molecule has 1 aliphatic carbocycles. The van der Waals surface area contributed by atoms with Crippen LogP contribution >= 0.6 is 0 Å². The van der Waals surface area contributed by atoms with E-state index in [1.165, 1.54) is 0 Å². The van der Waals surface area contributed by atoms with Crippen molar-refractivity contribution in [3.63, 3.8) is 0 Å². The van der Waals surface area contributed by atoms with Crippen molar-refractivity contribution in [2.75, 3.05) is 0 Å². The molecule has 5 nitrogen and oxygen atoms in total. The molecule has 0 amide bonds. The molecule has 0 radical (unpaired) electrons. The molecule has 1 heterocycles. The second-order valence-electron chi connectivity index (χ2n) is 5.94. The van der Waals surface area contributed by atoms with E-state index in [0.29, 0.717) is 12.1 Å². The molecule has 110 valence electrons. The van der Waals surface area contributed by atoms with E-state index in [4.69, 9.17) is 15.3 Å². The van der Waals surface area contributed by atoms with Crippen LogP contribution in [0, 0.1) is 22.7 Å². The third-order valence-corrected chi connectivity index (χ3v) is 4.41. The minimum Gasteiger partial charge on any atom is -0.451 e. The van der Waals surface area contributed by atoms with Crippen LogP contribution in [0.4, 0.5) is 0 Å². The highest BCUT2D eigenvalue weighted by Gasteiger charge is 2.52. The molecule has 2 aliphatic rings. The SMILES string of the molecule is C[C@@]12CCc3ccccc3C1=NC(CC#N)(CC#N)C(=O)O2. The molecule has 1 aliphatic heterocycles. The van der Waals surface area contributed by atoms with Gasteiger partial charge in [0.2, 0.25) is 0 Å². The number of aryl methyl sites for hydroxylation is 1. The fourth-order valence-electron chi connectivity index (χ4n) is 3.13. The van der Waals surface area contributed by atoms with E-state index in [2.05, 4.69) is 4.99 Å². The predicted molar refractivity (Wildman–Crippen MR) is 79.0 cm³/mol. The van der Waals surface area contributed by atoms with Crippen molar-refractivity contribution < 1.29 is 9.53 Å². The lowest BCUT2D eigenvalue weighted by molar-refractivity contribution is -0.161. The van der Waals surface area contributed by atoms with Gasteiger partial charge in [-0.25, -0.2) is 4.79 Å². The van der Waals surface area contributed by atoms with Crippen molar-refractivity contribution in [2.45, 2.75) is 43.7 Å². The average Bonchev–Trinajstić information content (AvgIpc) is 2.50. The Morgan fingerprint density at radius 3 is 2.64 bits per heavy atom. The molecular weight excluding hydrogens is 278 g/mol. The quantitative estimate of drug-likeness (QED) is 0.783. The van der Waals surface area contributed by atoms with Gasteiger partial charge in [-0.3, -0.25) is 4.99 Å². The Morgan fingerprint density at radius 1 is 1.27 bits per heavy atom. The van der Waals surface area contributed by atoms with Crippen LogP contribution in [0.25, 0.3) is 0 Å². The maximum absolute atomic E-state index is 12.4. The molecule has 0 aromatic heterocycles. The van der Waals surface area contributed by atoms with Gasteiger partial charge in [0.15, 0.2) is 11.1 Å². The monoisotopic (exact) mass is 293 g/mol. The maximum atomic E-state index is 12.4. The summed E-state index contributed by atoms with van der Waals surface area (Å²) in [6, 6.07) is 11.8. The van der Waals surface area contributed by atoms with Crippen LogP contribution in [-0.4, -0.2) is 22.8 Å². The van der Waals surface area contributed by atoms with E-state index in [1.807, 2.05) is 43.3 Å². The van der Waals surface area contributed by atoms with E-state index in [1.54, 1.807) is 0 Å². The number of nitrogens with zero attached hydrogens (tertiary/aromatic N) is 3. The van der Waals surface area contributed by atoms with Crippen molar-refractivity contribution in [1.82, 2.24) is 0 Å². The summed E-state index contributed by atoms with van der Waals surface area (Å²) in [4.78, 5) is 17.0. The summed E-state index contributed by atoms with van der Waals surface area (Å²) < 4.78 is 5.68. The number of ether oxygens (including phenoxy) is 1. The standard InChI is InChI=1S/C17H15N3O2/c1-16-7-6-12-4-2-3-5-13(12)14(16)20-17(8-10-18,9-11-19)15(21)22-16/h2-5H,6-9H2,1H3/t16-/m1/s1. The number of carbonyl (C=O) groups excluding carboxylic acids is 1. The van der Waals surface area contributed by atoms with Crippen LogP contribution in [-0.2, 0) is 16.0 Å². The van der Waals surface area contributed by atoms with Crippen molar-refractivity contribution in [3.8, 4) is 12.1 Å². The number of esters is 1. The maximum Gasteiger partial charge on any atom is 0.337 e. The zero-order chi connectivity index (χ0) is 15.8. The van der Waals surface area contributed by atoms with Gasteiger partial charge in [0, 0.05) is 5.56 Å². The number of benzene rings is 1. The fourth-order valence-corrected chi connectivity index (χ4v) is 3.13. The second-order valence-corrected chi connectivity index (χ2v) is 5.94. The topological polar surface area (TPSA) is 86.2 Å². The number of hydrogen-bond acceptors (Lipinski definition) is 5. The van der Waals surface area contributed by atoms with Crippen molar-refractivity contribution in [1.29, 1.82) is 10.5 Å². The van der Waals surface area contributed by atoms with Gasteiger partial charge in [-0.2, -0.15) is 10.5 Å². The highest BCUT2D eigenvalue weighted by Crippen LogP contribution is 2.40. The Balaban J connectivity index is 2.21. The molecule has 5 heteroatoms. The Morgan fingerprint density at radius 2 is 1.95 bits per heavy atom. The average molecular weight is 293 g/mol. The van der Waals surface area contributed by atoms with Crippen LogP contribution in [0.2, 0.25) is 0 Å². The lowest BCUT2D eigenvalue weighted by Crippen LogP contribution is -2.55. The largest absolute Gasteiger partial charge is 0.451 e. The molecule has 1 atom stereocenters. The molecule has 0 fully saturated rings. The van der Waals surface area contributed by atoms with Crippen molar-refractivity contribution in [3.05, 3.63) is 35.4 Å². The molecule has 0 saturated heterocycles. The molecular formula is C17H15N3O2. The summed E-state index contributed by atoms with van der Waals surface area (Å²) in [7, 11) is 0. The van der Waals surface area contributed by atoms with Gasteiger partial charge in [0.1, 0.15) is 0 Å². The molecule has 0 bridgehead atoms. The molecule has 1 aromatic rings. The number of rotatable bonds is 2. The summed E-state index contributed by atoms with van der Waals surface area (Å²) in [5.41, 5.74) is 0.603. The first-order valence-electron chi connectivity index (χ1n) is 7.21.